The van der Waals surface area contributed by atoms with Crippen molar-refractivity contribution in [1.29, 1.82) is 0 Å². The van der Waals surface area contributed by atoms with E-state index in [2.05, 4.69) is 42.0 Å². The summed E-state index contributed by atoms with van der Waals surface area (Å²) in [5.74, 6) is 0.448. The third-order valence-corrected chi connectivity index (χ3v) is 3.98. The normalized spacial score (nSPS) is 14.6. The number of hydrogen-bond donors (Lipinski definition) is 1. The Kier molecular flexibility index (Phi) is 6.14. The molecule has 17 heavy (non-hydrogen) atoms. The Bertz CT molecular complexity index is 354. The van der Waals surface area contributed by atoms with Gasteiger partial charge in [-0.2, -0.15) is 0 Å². The van der Waals surface area contributed by atoms with Gasteiger partial charge in [-0.1, -0.05) is 39.3 Å². The summed E-state index contributed by atoms with van der Waals surface area (Å²) in [5.41, 5.74) is 1.02. The van der Waals surface area contributed by atoms with Crippen LogP contribution in [0.25, 0.3) is 0 Å². The minimum atomic E-state index is -0.186. The van der Waals surface area contributed by atoms with Crippen LogP contribution in [0.5, 0.6) is 0 Å². The quantitative estimate of drug-likeness (QED) is 0.805. The number of halogens is 2. The third kappa shape index (κ3) is 4.07. The van der Waals surface area contributed by atoms with E-state index in [1.165, 1.54) is 6.07 Å². The van der Waals surface area contributed by atoms with Gasteiger partial charge in [0.25, 0.3) is 0 Å². The molecule has 0 aliphatic heterocycles. The maximum Gasteiger partial charge on any atom is 0.137 e. The summed E-state index contributed by atoms with van der Waals surface area (Å²) >= 11 is 3.35. The molecule has 2 unspecified atom stereocenters. The molecular formula is C14H21BrFN. The van der Waals surface area contributed by atoms with Crippen LogP contribution in [0.4, 0.5) is 4.39 Å². The predicted octanol–water partition coefficient (Wildman–Crippen LogP) is 4.68. The van der Waals surface area contributed by atoms with Gasteiger partial charge in [0, 0.05) is 6.04 Å². The molecule has 2 atom stereocenters. The highest BCUT2D eigenvalue weighted by atomic mass is 79.9. The summed E-state index contributed by atoms with van der Waals surface area (Å²) in [5, 5.41) is 3.44. The van der Waals surface area contributed by atoms with E-state index in [4.69, 9.17) is 0 Å². The van der Waals surface area contributed by atoms with Gasteiger partial charge in [-0.25, -0.2) is 4.39 Å². The maximum absolute atomic E-state index is 13.5. The number of nitrogens with one attached hydrogen (secondary N) is 1. The highest BCUT2D eigenvalue weighted by Crippen LogP contribution is 2.30. The number of hydrogen-bond acceptors (Lipinski definition) is 1. The molecule has 1 rings (SSSR count). The Hall–Kier alpha value is -0.410. The molecule has 0 saturated heterocycles. The van der Waals surface area contributed by atoms with Crippen LogP contribution < -0.4 is 5.32 Å². The van der Waals surface area contributed by atoms with Crippen molar-refractivity contribution in [3.05, 3.63) is 34.1 Å². The molecule has 0 amide bonds. The van der Waals surface area contributed by atoms with Gasteiger partial charge in [0.1, 0.15) is 5.82 Å². The Morgan fingerprint density at radius 1 is 1.35 bits per heavy atom. The molecule has 0 saturated carbocycles. The van der Waals surface area contributed by atoms with Gasteiger partial charge in [-0.3, -0.25) is 0 Å². The van der Waals surface area contributed by atoms with Crippen LogP contribution in [-0.2, 0) is 0 Å². The Balaban J connectivity index is 2.92. The van der Waals surface area contributed by atoms with E-state index in [0.717, 1.165) is 24.9 Å². The van der Waals surface area contributed by atoms with Crippen molar-refractivity contribution in [1.82, 2.24) is 5.32 Å². The molecular weight excluding hydrogens is 281 g/mol. The van der Waals surface area contributed by atoms with Gasteiger partial charge in [0.15, 0.2) is 0 Å². The van der Waals surface area contributed by atoms with Gasteiger partial charge in [0.2, 0.25) is 0 Å². The summed E-state index contributed by atoms with van der Waals surface area (Å²) in [6, 6.07) is 5.47. The molecule has 0 fully saturated rings. The van der Waals surface area contributed by atoms with Gasteiger partial charge in [0.05, 0.1) is 4.47 Å². The molecule has 3 heteroatoms. The minimum absolute atomic E-state index is 0.186. The van der Waals surface area contributed by atoms with Crippen molar-refractivity contribution < 1.29 is 4.39 Å². The first kappa shape index (κ1) is 14.7. The van der Waals surface area contributed by atoms with Gasteiger partial charge >= 0.3 is 0 Å². The highest BCUT2D eigenvalue weighted by Gasteiger charge is 2.17. The molecule has 0 aliphatic carbocycles. The summed E-state index contributed by atoms with van der Waals surface area (Å²) in [6.45, 7) is 7.40. The second kappa shape index (κ2) is 7.12. The van der Waals surface area contributed by atoms with Gasteiger partial charge in [-0.15, -0.1) is 0 Å². The van der Waals surface area contributed by atoms with Crippen LogP contribution in [0, 0.1) is 11.7 Å². The van der Waals surface area contributed by atoms with Crippen molar-refractivity contribution >= 4 is 15.9 Å². The van der Waals surface area contributed by atoms with Crippen molar-refractivity contribution in [2.24, 2.45) is 5.92 Å². The second-order valence-corrected chi connectivity index (χ2v) is 5.30. The van der Waals surface area contributed by atoms with Crippen LogP contribution in [-0.4, -0.2) is 6.54 Å². The molecule has 96 valence electrons. The van der Waals surface area contributed by atoms with Crippen molar-refractivity contribution in [2.45, 2.75) is 39.7 Å². The molecule has 0 aliphatic rings. The summed E-state index contributed by atoms with van der Waals surface area (Å²) in [7, 11) is 0. The van der Waals surface area contributed by atoms with Crippen molar-refractivity contribution in [2.75, 3.05) is 6.54 Å². The molecule has 0 bridgehead atoms. The topological polar surface area (TPSA) is 12.0 Å². The molecule has 1 aromatic rings. The van der Waals surface area contributed by atoms with Crippen LogP contribution >= 0.6 is 15.9 Å². The number of rotatable bonds is 6. The largest absolute Gasteiger partial charge is 0.310 e. The summed E-state index contributed by atoms with van der Waals surface area (Å²) in [4.78, 5) is 0. The monoisotopic (exact) mass is 301 g/mol. The highest BCUT2D eigenvalue weighted by molar-refractivity contribution is 9.10. The molecule has 1 N–H and O–H groups in total. The zero-order valence-corrected chi connectivity index (χ0v) is 12.3. The van der Waals surface area contributed by atoms with Crippen LogP contribution in [0.3, 0.4) is 0 Å². The van der Waals surface area contributed by atoms with E-state index in [9.17, 15) is 4.39 Å². The van der Waals surface area contributed by atoms with E-state index >= 15 is 0 Å². The lowest BCUT2D eigenvalue weighted by atomic mass is 9.94. The lowest BCUT2D eigenvalue weighted by molar-refractivity contribution is 0.406. The molecule has 0 spiro atoms. The first-order valence-corrected chi connectivity index (χ1v) is 7.06. The molecule has 0 aromatic heterocycles. The molecule has 1 nitrogen and oxygen atoms in total. The van der Waals surface area contributed by atoms with Crippen LogP contribution in [0.15, 0.2) is 22.7 Å². The lowest BCUT2D eigenvalue weighted by Crippen LogP contribution is -2.23. The third-order valence-electron chi connectivity index (χ3n) is 3.14. The zero-order chi connectivity index (χ0) is 12.8. The molecule has 0 heterocycles. The maximum atomic E-state index is 13.5. The Morgan fingerprint density at radius 3 is 2.65 bits per heavy atom. The molecule has 1 aromatic carbocycles. The number of benzene rings is 1. The first-order valence-electron chi connectivity index (χ1n) is 6.27. The fourth-order valence-electron chi connectivity index (χ4n) is 1.93. The van der Waals surface area contributed by atoms with Crippen molar-refractivity contribution in [3.63, 3.8) is 0 Å². The van der Waals surface area contributed by atoms with Crippen LogP contribution in [0.1, 0.15) is 45.2 Å². The van der Waals surface area contributed by atoms with E-state index in [1.807, 2.05) is 6.07 Å². The molecule has 0 radical (unpaired) electrons. The van der Waals surface area contributed by atoms with Gasteiger partial charge in [-0.05, 0) is 46.4 Å². The van der Waals surface area contributed by atoms with E-state index in [0.29, 0.717) is 10.4 Å². The standard InChI is InChI=1S/C14H21BrFN/c1-4-10(3)9-13(17-5-2)11-7-6-8-12(16)14(11)15/h6-8,10,13,17H,4-5,9H2,1-3H3. The minimum Gasteiger partial charge on any atom is -0.310 e. The summed E-state index contributed by atoms with van der Waals surface area (Å²) < 4.78 is 14.1. The predicted molar refractivity (Wildman–Crippen MR) is 74.6 cm³/mol. The zero-order valence-electron chi connectivity index (χ0n) is 10.8. The van der Waals surface area contributed by atoms with Crippen molar-refractivity contribution in [3.8, 4) is 0 Å². The van der Waals surface area contributed by atoms with E-state index in [1.54, 1.807) is 6.07 Å². The Labute approximate surface area is 112 Å². The first-order chi connectivity index (χ1) is 8.10. The van der Waals surface area contributed by atoms with Crippen LogP contribution in [0.2, 0.25) is 0 Å². The summed E-state index contributed by atoms with van der Waals surface area (Å²) in [6.07, 6.45) is 2.18. The average molecular weight is 302 g/mol. The smallest absolute Gasteiger partial charge is 0.137 e. The second-order valence-electron chi connectivity index (χ2n) is 4.50. The fourth-order valence-corrected chi connectivity index (χ4v) is 2.47. The van der Waals surface area contributed by atoms with E-state index < -0.39 is 0 Å². The van der Waals surface area contributed by atoms with Gasteiger partial charge < -0.3 is 5.32 Å². The Morgan fingerprint density at radius 2 is 2.06 bits per heavy atom. The van der Waals surface area contributed by atoms with E-state index in [-0.39, 0.29) is 11.9 Å². The fraction of sp³-hybridized carbons (Fsp3) is 0.571. The average Bonchev–Trinajstić information content (AvgIpc) is 2.32. The SMILES string of the molecule is CCNC(CC(C)CC)c1cccc(F)c1Br. The lowest BCUT2D eigenvalue weighted by Gasteiger charge is -2.22.